The molecule has 1 aromatic heterocycles. The number of aromatic nitrogens is 1. The Balaban J connectivity index is 2.03. The van der Waals surface area contributed by atoms with Gasteiger partial charge in [-0.25, -0.2) is 12.8 Å². The number of hydrogen-bond donors (Lipinski definition) is 0. The van der Waals surface area contributed by atoms with Crippen molar-refractivity contribution in [3.05, 3.63) is 23.3 Å². The smallest absolute Gasteiger partial charge is 0.287 e. The number of thioether (sulfide) groups is 1. The molecule has 2 heterocycles. The van der Waals surface area contributed by atoms with Gasteiger partial charge in [-0.05, 0) is 6.07 Å². The number of carbonyl (C=O) groups excluding carboxylic acids is 2. The summed E-state index contributed by atoms with van der Waals surface area (Å²) in [6.07, 6.45) is 1.20. The Morgan fingerprint density at radius 3 is 2.79 bits per heavy atom. The summed E-state index contributed by atoms with van der Waals surface area (Å²) in [7, 11) is -3.29. The number of hydrogen-bond acceptors (Lipinski definition) is 7. The third-order valence-electron chi connectivity index (χ3n) is 3.40. The van der Waals surface area contributed by atoms with Crippen molar-refractivity contribution in [2.75, 3.05) is 23.5 Å². The first-order valence-electron chi connectivity index (χ1n) is 6.59. The average molecular weight is 376 g/mol. The van der Waals surface area contributed by atoms with Gasteiger partial charge in [0.25, 0.3) is 5.24 Å². The molecule has 2 aromatic rings. The van der Waals surface area contributed by atoms with Gasteiger partial charge in [0.05, 0.1) is 16.7 Å². The van der Waals surface area contributed by atoms with Crippen LogP contribution in [0.25, 0.3) is 11.0 Å². The molecule has 11 heteroatoms. The molecule has 0 radical (unpaired) electrons. The zero-order valence-electron chi connectivity index (χ0n) is 12.2. The molecule has 0 unspecified atom stereocenters. The van der Waals surface area contributed by atoms with Crippen LogP contribution in [0.15, 0.2) is 10.6 Å². The van der Waals surface area contributed by atoms with Crippen LogP contribution in [0, 0.1) is 11.6 Å². The fourth-order valence-electron chi connectivity index (χ4n) is 2.42. The number of anilines is 1. The van der Waals surface area contributed by atoms with Crippen molar-refractivity contribution in [2.45, 2.75) is 5.25 Å². The molecule has 24 heavy (non-hydrogen) atoms. The third-order valence-corrected chi connectivity index (χ3v) is 5.69. The van der Waals surface area contributed by atoms with Gasteiger partial charge in [0.15, 0.2) is 17.9 Å². The Morgan fingerprint density at radius 1 is 1.46 bits per heavy atom. The molecular formula is C13H10F2N2O5S2. The molecule has 1 saturated heterocycles. The second-order valence-electron chi connectivity index (χ2n) is 5.30. The van der Waals surface area contributed by atoms with E-state index < -0.39 is 43.1 Å². The van der Waals surface area contributed by atoms with E-state index in [0.29, 0.717) is 0 Å². The van der Waals surface area contributed by atoms with E-state index in [-0.39, 0.29) is 29.8 Å². The fourth-order valence-corrected chi connectivity index (χ4v) is 5.01. The lowest BCUT2D eigenvalue weighted by atomic mass is 10.1. The van der Waals surface area contributed by atoms with Gasteiger partial charge in [0.2, 0.25) is 11.4 Å². The lowest BCUT2D eigenvalue weighted by molar-refractivity contribution is 0.111. The number of rotatable bonds is 4. The monoisotopic (exact) mass is 376 g/mol. The number of aldehydes is 1. The summed E-state index contributed by atoms with van der Waals surface area (Å²) in [4.78, 5) is 24.1. The van der Waals surface area contributed by atoms with E-state index in [9.17, 15) is 26.8 Å². The number of fused-ring (bicyclic) bond motifs is 1. The Hall–Kier alpha value is -2.01. The second-order valence-corrected chi connectivity index (χ2v) is 8.74. The van der Waals surface area contributed by atoms with E-state index in [2.05, 4.69) is 5.16 Å². The molecular weight excluding hydrogens is 366 g/mol. The molecule has 1 atom stereocenters. The molecule has 1 aliphatic rings. The van der Waals surface area contributed by atoms with Crippen LogP contribution in [0.5, 0.6) is 0 Å². The standard InChI is InChI=1S/C13H10F2N2O5S2/c1-24(20,21)5-7-3-17(13(19)23-7)12-8-2-6(4-18)9(14)10(15)11(8)22-16-12/h2,4,7H,3,5H2,1H3/t7-/m1/s1. The van der Waals surface area contributed by atoms with E-state index in [1.807, 2.05) is 0 Å². The van der Waals surface area contributed by atoms with Gasteiger partial charge in [0, 0.05) is 18.1 Å². The van der Waals surface area contributed by atoms with Gasteiger partial charge in [-0.1, -0.05) is 16.9 Å². The van der Waals surface area contributed by atoms with Crippen molar-refractivity contribution in [3.8, 4) is 0 Å². The van der Waals surface area contributed by atoms with Crippen molar-refractivity contribution in [3.63, 3.8) is 0 Å². The first kappa shape index (κ1) is 16.8. The summed E-state index contributed by atoms with van der Waals surface area (Å²) in [5, 5.41) is 2.54. The SMILES string of the molecule is CS(=O)(=O)C[C@H]1CN(c2noc3c(F)c(F)c(C=O)cc23)C(=O)S1. The summed E-state index contributed by atoms with van der Waals surface area (Å²) in [6.45, 7) is 0.0214. The van der Waals surface area contributed by atoms with Crippen LogP contribution in [-0.2, 0) is 9.84 Å². The molecule has 1 aliphatic heterocycles. The predicted octanol–water partition coefficient (Wildman–Crippen LogP) is 2.00. The highest BCUT2D eigenvalue weighted by Crippen LogP contribution is 2.36. The van der Waals surface area contributed by atoms with E-state index in [1.165, 1.54) is 0 Å². The van der Waals surface area contributed by atoms with Crippen molar-refractivity contribution < 1.29 is 31.3 Å². The number of carbonyl (C=O) groups is 2. The van der Waals surface area contributed by atoms with Gasteiger partial charge < -0.3 is 4.52 Å². The highest BCUT2D eigenvalue weighted by molar-refractivity contribution is 8.15. The molecule has 0 saturated carbocycles. The minimum absolute atomic E-state index is 0.0214. The van der Waals surface area contributed by atoms with Crippen LogP contribution in [0.3, 0.4) is 0 Å². The maximum Gasteiger partial charge on any atom is 0.287 e. The lowest BCUT2D eigenvalue weighted by Gasteiger charge is -2.12. The number of halogens is 2. The first-order chi connectivity index (χ1) is 11.2. The topological polar surface area (TPSA) is 97.6 Å². The number of amides is 1. The van der Waals surface area contributed by atoms with Crippen LogP contribution in [0.4, 0.5) is 19.4 Å². The van der Waals surface area contributed by atoms with E-state index in [4.69, 9.17) is 4.52 Å². The van der Waals surface area contributed by atoms with E-state index >= 15 is 0 Å². The Morgan fingerprint density at radius 2 is 2.17 bits per heavy atom. The summed E-state index contributed by atoms with van der Waals surface area (Å²) >= 11 is 0.813. The molecule has 3 rings (SSSR count). The maximum absolute atomic E-state index is 13.9. The molecule has 1 aromatic carbocycles. The van der Waals surface area contributed by atoms with Crippen LogP contribution < -0.4 is 4.90 Å². The molecule has 7 nitrogen and oxygen atoms in total. The molecule has 0 spiro atoms. The number of benzene rings is 1. The second kappa shape index (κ2) is 5.81. The van der Waals surface area contributed by atoms with Crippen molar-refractivity contribution in [1.29, 1.82) is 0 Å². The van der Waals surface area contributed by atoms with E-state index in [0.717, 1.165) is 29.0 Å². The molecule has 128 valence electrons. The van der Waals surface area contributed by atoms with Crippen LogP contribution in [0.2, 0.25) is 0 Å². The quantitative estimate of drug-likeness (QED) is 0.753. The lowest BCUT2D eigenvalue weighted by Crippen LogP contribution is -2.27. The van der Waals surface area contributed by atoms with Crippen LogP contribution in [-0.4, -0.2) is 48.9 Å². The summed E-state index contributed by atoms with van der Waals surface area (Å²) < 4.78 is 55.0. The highest BCUT2D eigenvalue weighted by Gasteiger charge is 2.36. The van der Waals surface area contributed by atoms with Gasteiger partial charge in [-0.2, -0.15) is 4.39 Å². The minimum atomic E-state index is -3.29. The average Bonchev–Trinajstić information content (AvgIpc) is 3.04. The molecule has 0 aliphatic carbocycles. The predicted molar refractivity (Wildman–Crippen MR) is 83.1 cm³/mol. The van der Waals surface area contributed by atoms with E-state index in [1.54, 1.807) is 0 Å². The zero-order valence-corrected chi connectivity index (χ0v) is 13.8. The molecule has 1 amide bonds. The third kappa shape index (κ3) is 2.88. The maximum atomic E-state index is 13.9. The normalized spacial score (nSPS) is 18.5. The van der Waals surface area contributed by atoms with Gasteiger partial charge in [-0.15, -0.1) is 0 Å². The summed E-state index contributed by atoms with van der Waals surface area (Å²) in [5.41, 5.74) is -1.05. The minimum Gasteiger partial charge on any atom is -0.351 e. The highest BCUT2D eigenvalue weighted by atomic mass is 32.2. The van der Waals surface area contributed by atoms with Crippen molar-refractivity contribution >= 4 is 49.9 Å². The van der Waals surface area contributed by atoms with Crippen LogP contribution >= 0.6 is 11.8 Å². The van der Waals surface area contributed by atoms with Crippen molar-refractivity contribution in [2.24, 2.45) is 0 Å². The number of sulfone groups is 1. The van der Waals surface area contributed by atoms with Gasteiger partial charge in [-0.3, -0.25) is 14.5 Å². The fraction of sp³-hybridized carbons (Fsp3) is 0.308. The zero-order chi connectivity index (χ0) is 17.6. The Kier molecular flexibility index (Phi) is 4.08. The molecule has 1 fully saturated rings. The summed E-state index contributed by atoms with van der Waals surface area (Å²) in [5.74, 6) is -3.03. The molecule has 0 N–H and O–H groups in total. The largest absolute Gasteiger partial charge is 0.351 e. The van der Waals surface area contributed by atoms with Crippen LogP contribution in [0.1, 0.15) is 10.4 Å². The Bertz CT molecular complexity index is 957. The van der Waals surface area contributed by atoms with Crippen molar-refractivity contribution in [1.82, 2.24) is 5.16 Å². The first-order valence-corrected chi connectivity index (χ1v) is 9.53. The number of nitrogens with zero attached hydrogens (tertiary/aromatic N) is 2. The van der Waals surface area contributed by atoms with Gasteiger partial charge in [0.1, 0.15) is 9.84 Å². The van der Waals surface area contributed by atoms with Gasteiger partial charge >= 0.3 is 0 Å². The Labute approximate surface area is 138 Å². The summed E-state index contributed by atoms with van der Waals surface area (Å²) in [6, 6.07) is 1.04. The molecule has 0 bridgehead atoms.